The Labute approximate surface area is 138 Å². The third-order valence-electron chi connectivity index (χ3n) is 3.18. The molecular weight excluding hydrogens is 316 g/mol. The molecule has 1 heterocycles. The first-order valence-corrected chi connectivity index (χ1v) is 7.83. The topological polar surface area (TPSA) is 90.9 Å². The molecule has 1 unspecified atom stereocenters. The van der Waals surface area contributed by atoms with Crippen molar-refractivity contribution in [1.29, 1.82) is 0 Å². The fourth-order valence-corrected chi connectivity index (χ4v) is 3.55. The minimum Gasteiger partial charge on any atom is -0.353 e. The zero-order valence-electron chi connectivity index (χ0n) is 13.1. The highest BCUT2D eigenvalue weighted by atomic mass is 32.2. The number of amides is 3. The van der Waals surface area contributed by atoms with Crippen LogP contribution in [0.2, 0.25) is 0 Å². The van der Waals surface area contributed by atoms with Gasteiger partial charge in [0.25, 0.3) is 0 Å². The molecule has 122 valence electrons. The predicted octanol–water partition coefficient (Wildman–Crippen LogP) is 0.978. The van der Waals surface area contributed by atoms with Crippen LogP contribution in [0.5, 0.6) is 0 Å². The van der Waals surface area contributed by atoms with Crippen LogP contribution in [-0.2, 0) is 19.3 Å². The number of carbonyl (C=O) groups excluding carboxylic acids is 3. The average Bonchev–Trinajstić information content (AvgIpc) is 2.85. The van der Waals surface area contributed by atoms with Crippen LogP contribution in [-0.4, -0.2) is 34.4 Å². The van der Waals surface area contributed by atoms with Gasteiger partial charge in [0, 0.05) is 20.8 Å². The van der Waals surface area contributed by atoms with Crippen LogP contribution in [0.3, 0.4) is 0 Å². The number of hydrogen-bond acceptors (Lipinski definition) is 5. The van der Waals surface area contributed by atoms with E-state index < -0.39 is 4.87 Å². The number of hydrogen-bond donors (Lipinski definition) is 2. The summed E-state index contributed by atoms with van der Waals surface area (Å²) in [7, 11) is 0. The molecule has 1 aromatic carbocycles. The SMILES string of the molecule is CC(=O)NCC1(c2ccccc2)SC(NC(C)=O)=NN1C(C)=O. The Hall–Kier alpha value is -2.35. The number of thioether (sulfide) groups is 1. The van der Waals surface area contributed by atoms with Crippen molar-refractivity contribution in [2.45, 2.75) is 25.6 Å². The number of benzene rings is 1. The molecule has 1 aliphatic heterocycles. The maximum atomic E-state index is 12.1. The molecule has 1 aromatic rings. The summed E-state index contributed by atoms with van der Waals surface area (Å²) in [5.74, 6) is -0.771. The normalized spacial score (nSPS) is 20.0. The summed E-state index contributed by atoms with van der Waals surface area (Å²) in [6.07, 6.45) is 0. The van der Waals surface area contributed by atoms with Gasteiger partial charge in [0.15, 0.2) is 10.0 Å². The van der Waals surface area contributed by atoms with Crippen LogP contribution in [0, 0.1) is 0 Å². The number of hydrazone groups is 1. The van der Waals surface area contributed by atoms with E-state index in [4.69, 9.17) is 0 Å². The van der Waals surface area contributed by atoms with E-state index in [1.54, 1.807) is 0 Å². The molecule has 8 heteroatoms. The third-order valence-corrected chi connectivity index (χ3v) is 4.45. The summed E-state index contributed by atoms with van der Waals surface area (Å²) in [4.78, 5) is 33.8. The van der Waals surface area contributed by atoms with Gasteiger partial charge in [-0.05, 0) is 17.3 Å². The van der Waals surface area contributed by atoms with Crippen molar-refractivity contribution in [3.63, 3.8) is 0 Å². The van der Waals surface area contributed by atoms with Gasteiger partial charge >= 0.3 is 0 Å². The standard InChI is InChI=1S/C15H18N4O3S/c1-10(20)16-9-15(13-7-5-4-6-8-13)19(12(3)22)18-14(23-15)17-11(2)21/h4-8H,9H2,1-3H3,(H,16,20)(H,17,18,21). The van der Waals surface area contributed by atoms with E-state index >= 15 is 0 Å². The summed E-state index contributed by atoms with van der Waals surface area (Å²) in [5, 5.41) is 11.2. The van der Waals surface area contributed by atoms with Crippen LogP contribution >= 0.6 is 11.8 Å². The maximum Gasteiger partial charge on any atom is 0.241 e. The molecule has 3 amide bonds. The van der Waals surface area contributed by atoms with Gasteiger partial charge in [0.2, 0.25) is 17.7 Å². The minimum atomic E-state index is -0.934. The minimum absolute atomic E-state index is 0.170. The van der Waals surface area contributed by atoms with E-state index in [9.17, 15) is 14.4 Å². The Balaban J connectivity index is 2.45. The Morgan fingerprint density at radius 2 is 1.78 bits per heavy atom. The van der Waals surface area contributed by atoms with E-state index in [0.29, 0.717) is 5.17 Å². The summed E-state index contributed by atoms with van der Waals surface area (Å²) < 4.78 is 0. The first kappa shape index (κ1) is 17.0. The van der Waals surface area contributed by atoms with Crippen molar-refractivity contribution < 1.29 is 14.4 Å². The smallest absolute Gasteiger partial charge is 0.241 e. The second kappa shape index (κ2) is 6.82. The summed E-state index contributed by atoms with van der Waals surface area (Å²) in [5.41, 5.74) is 0.804. The fraction of sp³-hybridized carbons (Fsp3) is 0.333. The first-order chi connectivity index (χ1) is 10.8. The summed E-state index contributed by atoms with van der Waals surface area (Å²) in [6.45, 7) is 4.35. The van der Waals surface area contributed by atoms with Gasteiger partial charge in [0.05, 0.1) is 6.54 Å². The Morgan fingerprint density at radius 1 is 1.13 bits per heavy atom. The van der Waals surface area contributed by atoms with Crippen molar-refractivity contribution in [1.82, 2.24) is 15.6 Å². The number of nitrogens with one attached hydrogen (secondary N) is 2. The van der Waals surface area contributed by atoms with Crippen LogP contribution in [0.15, 0.2) is 35.4 Å². The quantitative estimate of drug-likeness (QED) is 0.862. The molecule has 2 N–H and O–H groups in total. The van der Waals surface area contributed by atoms with Crippen molar-refractivity contribution in [3.05, 3.63) is 35.9 Å². The first-order valence-electron chi connectivity index (χ1n) is 7.01. The number of rotatable bonds is 3. The predicted molar refractivity (Wildman–Crippen MR) is 88.2 cm³/mol. The maximum absolute atomic E-state index is 12.1. The summed E-state index contributed by atoms with van der Waals surface area (Å²) in [6, 6.07) is 9.27. The van der Waals surface area contributed by atoms with E-state index in [1.165, 1.54) is 37.5 Å². The van der Waals surface area contributed by atoms with Crippen molar-refractivity contribution >= 4 is 34.7 Å². The molecule has 23 heavy (non-hydrogen) atoms. The van der Waals surface area contributed by atoms with Crippen LogP contribution in [0.25, 0.3) is 0 Å². The Morgan fingerprint density at radius 3 is 2.30 bits per heavy atom. The van der Waals surface area contributed by atoms with Gasteiger partial charge in [0.1, 0.15) is 0 Å². The molecule has 1 aliphatic rings. The van der Waals surface area contributed by atoms with E-state index in [-0.39, 0.29) is 24.3 Å². The highest BCUT2D eigenvalue weighted by Gasteiger charge is 2.48. The van der Waals surface area contributed by atoms with E-state index in [2.05, 4.69) is 15.7 Å². The molecule has 0 spiro atoms. The van der Waals surface area contributed by atoms with Crippen molar-refractivity contribution in [3.8, 4) is 0 Å². The van der Waals surface area contributed by atoms with Crippen LogP contribution in [0.1, 0.15) is 26.3 Å². The lowest BCUT2D eigenvalue weighted by Gasteiger charge is -2.35. The fourth-order valence-electron chi connectivity index (χ4n) is 2.26. The molecule has 7 nitrogen and oxygen atoms in total. The van der Waals surface area contributed by atoms with Gasteiger partial charge in [-0.3, -0.25) is 14.4 Å². The van der Waals surface area contributed by atoms with Crippen molar-refractivity contribution in [2.24, 2.45) is 5.10 Å². The van der Waals surface area contributed by atoms with Gasteiger partial charge < -0.3 is 10.6 Å². The van der Waals surface area contributed by atoms with E-state index in [1.807, 2.05) is 30.3 Å². The summed E-state index contributed by atoms with van der Waals surface area (Å²) >= 11 is 1.23. The molecule has 0 fully saturated rings. The molecule has 0 radical (unpaired) electrons. The average molecular weight is 334 g/mol. The lowest BCUT2D eigenvalue weighted by atomic mass is 10.1. The highest BCUT2D eigenvalue weighted by Crippen LogP contribution is 2.44. The number of amidine groups is 1. The van der Waals surface area contributed by atoms with Crippen molar-refractivity contribution in [2.75, 3.05) is 6.54 Å². The number of carbonyl (C=O) groups is 3. The molecule has 0 aromatic heterocycles. The van der Waals surface area contributed by atoms with Crippen LogP contribution in [0.4, 0.5) is 0 Å². The second-order valence-electron chi connectivity index (χ2n) is 5.08. The van der Waals surface area contributed by atoms with Gasteiger partial charge in [-0.2, -0.15) is 0 Å². The largest absolute Gasteiger partial charge is 0.353 e. The molecule has 0 bridgehead atoms. The highest BCUT2D eigenvalue weighted by molar-refractivity contribution is 8.14. The van der Waals surface area contributed by atoms with E-state index in [0.717, 1.165) is 5.56 Å². The molecule has 0 saturated heterocycles. The van der Waals surface area contributed by atoms with Gasteiger partial charge in [-0.1, -0.05) is 30.3 Å². The lowest BCUT2D eigenvalue weighted by Crippen LogP contribution is -2.48. The molecule has 1 atom stereocenters. The van der Waals surface area contributed by atoms with Gasteiger partial charge in [-0.25, -0.2) is 5.01 Å². The molecular formula is C15H18N4O3S. The zero-order chi connectivity index (χ0) is 17.0. The van der Waals surface area contributed by atoms with Crippen LogP contribution < -0.4 is 10.6 Å². The second-order valence-corrected chi connectivity index (χ2v) is 6.35. The monoisotopic (exact) mass is 334 g/mol. The third kappa shape index (κ3) is 3.70. The van der Waals surface area contributed by atoms with Gasteiger partial charge in [-0.15, -0.1) is 5.10 Å². The molecule has 0 aliphatic carbocycles. The Bertz CT molecular complexity index is 662. The Kier molecular flexibility index (Phi) is 5.05. The molecule has 0 saturated carbocycles. The molecule has 2 rings (SSSR count). The lowest BCUT2D eigenvalue weighted by molar-refractivity contribution is -0.133. The number of nitrogens with zero attached hydrogens (tertiary/aromatic N) is 2. The zero-order valence-corrected chi connectivity index (χ0v) is 13.9.